The van der Waals surface area contributed by atoms with Gasteiger partial charge in [-0.1, -0.05) is 25.5 Å². The summed E-state index contributed by atoms with van der Waals surface area (Å²) in [6, 6.07) is 6.13. The van der Waals surface area contributed by atoms with Gasteiger partial charge in [0, 0.05) is 5.69 Å². The molecule has 0 aromatic heterocycles. The van der Waals surface area contributed by atoms with Crippen LogP contribution in [0.2, 0.25) is 0 Å². The quantitative estimate of drug-likeness (QED) is 0.739. The minimum absolute atomic E-state index is 0.517. The number of rotatable bonds is 6. The lowest BCUT2D eigenvalue weighted by molar-refractivity contribution is -0.138. The summed E-state index contributed by atoms with van der Waals surface area (Å²) in [7, 11) is 0. The SMILES string of the molecule is CCCCc1ccc(NC(=O)N[C@@H](C)C(=O)O)cc1. The van der Waals surface area contributed by atoms with Crippen LogP contribution in [0.15, 0.2) is 24.3 Å². The summed E-state index contributed by atoms with van der Waals surface area (Å²) in [5.74, 6) is -1.06. The van der Waals surface area contributed by atoms with Gasteiger partial charge in [0.05, 0.1) is 0 Å². The van der Waals surface area contributed by atoms with E-state index in [-0.39, 0.29) is 0 Å². The molecule has 0 saturated heterocycles. The Kier molecular flexibility index (Phi) is 5.85. The van der Waals surface area contributed by atoms with Crippen LogP contribution < -0.4 is 10.6 Å². The van der Waals surface area contributed by atoms with Crippen molar-refractivity contribution >= 4 is 17.7 Å². The van der Waals surface area contributed by atoms with E-state index in [1.807, 2.05) is 24.3 Å². The first kappa shape index (κ1) is 15.0. The second kappa shape index (κ2) is 7.41. The van der Waals surface area contributed by atoms with E-state index in [2.05, 4.69) is 17.6 Å². The molecular formula is C14H20N2O3. The van der Waals surface area contributed by atoms with E-state index in [0.29, 0.717) is 5.69 Å². The highest BCUT2D eigenvalue weighted by Gasteiger charge is 2.13. The molecule has 1 atom stereocenters. The van der Waals surface area contributed by atoms with Crippen molar-refractivity contribution in [2.75, 3.05) is 5.32 Å². The molecule has 5 heteroatoms. The number of carboxylic acid groups (broad SMARTS) is 1. The van der Waals surface area contributed by atoms with Crippen LogP contribution in [0, 0.1) is 0 Å². The molecule has 0 aliphatic carbocycles. The molecule has 1 aromatic carbocycles. The minimum atomic E-state index is -1.06. The number of hydrogen-bond acceptors (Lipinski definition) is 2. The van der Waals surface area contributed by atoms with Crippen LogP contribution in [0.3, 0.4) is 0 Å². The summed E-state index contributed by atoms with van der Waals surface area (Å²) in [5.41, 5.74) is 1.88. The number of urea groups is 1. The van der Waals surface area contributed by atoms with Gasteiger partial charge in [-0.15, -0.1) is 0 Å². The van der Waals surface area contributed by atoms with Gasteiger partial charge >= 0.3 is 12.0 Å². The van der Waals surface area contributed by atoms with Crippen LogP contribution in [0.25, 0.3) is 0 Å². The molecule has 0 radical (unpaired) electrons. The lowest BCUT2D eigenvalue weighted by Gasteiger charge is -2.11. The van der Waals surface area contributed by atoms with E-state index in [0.717, 1.165) is 19.3 Å². The Morgan fingerprint density at radius 2 is 1.89 bits per heavy atom. The van der Waals surface area contributed by atoms with E-state index in [1.165, 1.54) is 12.5 Å². The number of nitrogens with one attached hydrogen (secondary N) is 2. The maximum absolute atomic E-state index is 11.5. The van der Waals surface area contributed by atoms with E-state index < -0.39 is 18.0 Å². The molecule has 5 nitrogen and oxygen atoms in total. The van der Waals surface area contributed by atoms with Crippen LogP contribution in [0.1, 0.15) is 32.3 Å². The van der Waals surface area contributed by atoms with E-state index >= 15 is 0 Å². The number of benzene rings is 1. The van der Waals surface area contributed by atoms with Gasteiger partial charge in [-0.05, 0) is 37.5 Å². The van der Waals surface area contributed by atoms with Crippen LogP contribution in [0.5, 0.6) is 0 Å². The molecule has 0 unspecified atom stereocenters. The molecule has 0 saturated carbocycles. The minimum Gasteiger partial charge on any atom is -0.480 e. The van der Waals surface area contributed by atoms with Crippen LogP contribution >= 0.6 is 0 Å². The van der Waals surface area contributed by atoms with Crippen molar-refractivity contribution in [3.63, 3.8) is 0 Å². The fourth-order valence-electron chi connectivity index (χ4n) is 1.56. The smallest absolute Gasteiger partial charge is 0.325 e. The van der Waals surface area contributed by atoms with Gasteiger partial charge in [0.15, 0.2) is 0 Å². The molecule has 0 heterocycles. The number of hydrogen-bond donors (Lipinski definition) is 3. The van der Waals surface area contributed by atoms with Gasteiger partial charge in [-0.25, -0.2) is 4.79 Å². The summed E-state index contributed by atoms with van der Waals surface area (Å²) in [6.45, 7) is 3.56. The number of aryl methyl sites for hydroxylation is 1. The Balaban J connectivity index is 2.48. The van der Waals surface area contributed by atoms with Gasteiger partial charge in [-0.3, -0.25) is 4.79 Å². The molecule has 2 amide bonds. The summed E-state index contributed by atoms with van der Waals surface area (Å²) in [5, 5.41) is 13.6. The Labute approximate surface area is 113 Å². The standard InChI is InChI=1S/C14H20N2O3/c1-3-4-5-11-6-8-12(9-7-11)16-14(19)15-10(2)13(17)18/h6-10H,3-5H2,1-2H3,(H,17,18)(H2,15,16,19)/t10-/m0/s1. The third-order valence-electron chi connectivity index (χ3n) is 2.75. The highest BCUT2D eigenvalue weighted by molar-refractivity contribution is 5.92. The number of amides is 2. The van der Waals surface area contributed by atoms with Crippen LogP contribution in [0.4, 0.5) is 10.5 Å². The zero-order valence-corrected chi connectivity index (χ0v) is 11.3. The van der Waals surface area contributed by atoms with Crippen molar-refractivity contribution in [1.29, 1.82) is 0 Å². The Morgan fingerprint density at radius 1 is 1.26 bits per heavy atom. The zero-order chi connectivity index (χ0) is 14.3. The van der Waals surface area contributed by atoms with Gasteiger partial charge in [0.2, 0.25) is 0 Å². The molecule has 3 N–H and O–H groups in total. The zero-order valence-electron chi connectivity index (χ0n) is 11.3. The van der Waals surface area contributed by atoms with E-state index in [9.17, 15) is 9.59 Å². The van der Waals surface area contributed by atoms with E-state index in [1.54, 1.807) is 0 Å². The molecule has 0 spiro atoms. The molecule has 0 fully saturated rings. The molecule has 0 aliphatic rings. The van der Waals surface area contributed by atoms with Crippen molar-refractivity contribution in [2.24, 2.45) is 0 Å². The number of aliphatic carboxylic acids is 1. The number of carboxylic acids is 1. The lowest BCUT2D eigenvalue weighted by atomic mass is 10.1. The second-order valence-corrected chi connectivity index (χ2v) is 4.46. The first-order valence-electron chi connectivity index (χ1n) is 6.42. The van der Waals surface area contributed by atoms with Crippen molar-refractivity contribution in [3.05, 3.63) is 29.8 Å². The highest BCUT2D eigenvalue weighted by Crippen LogP contribution is 2.11. The van der Waals surface area contributed by atoms with Gasteiger partial charge in [0.25, 0.3) is 0 Å². The average molecular weight is 264 g/mol. The normalized spacial score (nSPS) is 11.7. The molecule has 0 bridgehead atoms. The third kappa shape index (κ3) is 5.42. The third-order valence-corrected chi connectivity index (χ3v) is 2.75. The molecule has 1 rings (SSSR count). The van der Waals surface area contributed by atoms with Crippen molar-refractivity contribution in [3.8, 4) is 0 Å². The molecule has 104 valence electrons. The Morgan fingerprint density at radius 3 is 2.42 bits per heavy atom. The second-order valence-electron chi connectivity index (χ2n) is 4.46. The number of carbonyl (C=O) groups is 2. The predicted molar refractivity (Wildman–Crippen MR) is 74.3 cm³/mol. The predicted octanol–water partition coefficient (Wildman–Crippen LogP) is 2.62. The van der Waals surface area contributed by atoms with Gasteiger partial charge < -0.3 is 15.7 Å². The molecule has 0 aliphatic heterocycles. The Hall–Kier alpha value is -2.04. The van der Waals surface area contributed by atoms with Crippen LogP contribution in [-0.4, -0.2) is 23.1 Å². The first-order chi connectivity index (χ1) is 9.02. The average Bonchev–Trinajstić information content (AvgIpc) is 2.37. The maximum Gasteiger partial charge on any atom is 0.325 e. The summed E-state index contributed by atoms with van der Waals surface area (Å²) in [6.07, 6.45) is 3.32. The largest absolute Gasteiger partial charge is 0.480 e. The number of carbonyl (C=O) groups excluding carboxylic acids is 1. The molecule has 19 heavy (non-hydrogen) atoms. The van der Waals surface area contributed by atoms with Crippen molar-refractivity contribution in [2.45, 2.75) is 39.2 Å². The van der Waals surface area contributed by atoms with Crippen molar-refractivity contribution < 1.29 is 14.7 Å². The number of unbranched alkanes of at least 4 members (excludes halogenated alkanes) is 1. The molecule has 1 aromatic rings. The van der Waals surface area contributed by atoms with Gasteiger partial charge in [0.1, 0.15) is 6.04 Å². The first-order valence-corrected chi connectivity index (χ1v) is 6.42. The monoisotopic (exact) mass is 264 g/mol. The lowest BCUT2D eigenvalue weighted by Crippen LogP contribution is -2.40. The fraction of sp³-hybridized carbons (Fsp3) is 0.429. The number of anilines is 1. The van der Waals surface area contributed by atoms with Crippen LogP contribution in [-0.2, 0) is 11.2 Å². The summed E-state index contributed by atoms with van der Waals surface area (Å²) < 4.78 is 0. The highest BCUT2D eigenvalue weighted by atomic mass is 16.4. The molecular weight excluding hydrogens is 244 g/mol. The van der Waals surface area contributed by atoms with Gasteiger partial charge in [-0.2, -0.15) is 0 Å². The summed E-state index contributed by atoms with van der Waals surface area (Å²) in [4.78, 5) is 22.1. The maximum atomic E-state index is 11.5. The van der Waals surface area contributed by atoms with E-state index in [4.69, 9.17) is 5.11 Å². The van der Waals surface area contributed by atoms with Crippen molar-refractivity contribution in [1.82, 2.24) is 5.32 Å². The summed E-state index contributed by atoms with van der Waals surface area (Å²) >= 11 is 0. The Bertz CT molecular complexity index is 429. The topological polar surface area (TPSA) is 78.4 Å². The fourth-order valence-corrected chi connectivity index (χ4v) is 1.56.